The minimum Gasteiger partial charge on any atom is -0.376 e. The molecule has 0 atom stereocenters. The van der Waals surface area contributed by atoms with Gasteiger partial charge < -0.3 is 4.74 Å². The fourth-order valence-electron chi connectivity index (χ4n) is 4.00. The van der Waals surface area contributed by atoms with Crippen molar-refractivity contribution in [3.05, 3.63) is 81.6 Å². The number of hydrogen-bond acceptors (Lipinski definition) is 6. The van der Waals surface area contributed by atoms with E-state index in [0.29, 0.717) is 23.8 Å². The van der Waals surface area contributed by atoms with E-state index in [4.69, 9.17) is 4.74 Å². The standard InChI is InChI=1S/C26H27N5O2/c27-15-23-24(22-9-5-2-6-10-22)29-26(30-25(23)32)31-28-16-19-11-13-21(14-12-19)18-33-17-20-7-3-1-4-8-20/h2,5-6,9-14,16,20H,1,3-4,7-8,17-18H2,(H2,29,30,31,32). The minimum absolute atomic E-state index is 0.0305. The quantitative estimate of drug-likeness (QED) is 0.384. The maximum Gasteiger partial charge on any atom is 0.270 e. The highest BCUT2D eigenvalue weighted by atomic mass is 16.5. The molecular formula is C26H27N5O2. The molecule has 0 saturated heterocycles. The van der Waals surface area contributed by atoms with Crippen LogP contribution in [0.2, 0.25) is 0 Å². The predicted molar refractivity (Wildman–Crippen MR) is 129 cm³/mol. The van der Waals surface area contributed by atoms with Crippen LogP contribution in [0.15, 0.2) is 64.5 Å². The lowest BCUT2D eigenvalue weighted by atomic mass is 9.90. The van der Waals surface area contributed by atoms with E-state index < -0.39 is 5.56 Å². The topological polar surface area (TPSA) is 103 Å². The van der Waals surface area contributed by atoms with Crippen LogP contribution in [0, 0.1) is 17.2 Å². The molecule has 1 aromatic heterocycles. The molecule has 1 saturated carbocycles. The number of anilines is 1. The van der Waals surface area contributed by atoms with Gasteiger partial charge in [-0.2, -0.15) is 10.4 Å². The molecule has 0 radical (unpaired) electrons. The summed E-state index contributed by atoms with van der Waals surface area (Å²) in [7, 11) is 0. The maximum atomic E-state index is 12.3. The van der Waals surface area contributed by atoms with Gasteiger partial charge in [0.2, 0.25) is 5.95 Å². The molecule has 1 heterocycles. The van der Waals surface area contributed by atoms with Gasteiger partial charge in [-0.1, -0.05) is 73.9 Å². The second-order valence-corrected chi connectivity index (χ2v) is 8.25. The highest BCUT2D eigenvalue weighted by Gasteiger charge is 2.14. The SMILES string of the molecule is N#Cc1c(-c2ccccc2)nc(NN=Cc2ccc(COCC3CCCCC3)cc2)[nH]c1=O. The Kier molecular flexibility index (Phi) is 7.62. The largest absolute Gasteiger partial charge is 0.376 e. The summed E-state index contributed by atoms with van der Waals surface area (Å²) in [4.78, 5) is 19.2. The van der Waals surface area contributed by atoms with Gasteiger partial charge in [0.1, 0.15) is 11.6 Å². The Morgan fingerprint density at radius 3 is 2.61 bits per heavy atom. The molecule has 3 aromatic rings. The third-order valence-electron chi connectivity index (χ3n) is 5.79. The minimum atomic E-state index is -0.512. The molecule has 7 nitrogen and oxygen atoms in total. The molecule has 33 heavy (non-hydrogen) atoms. The predicted octanol–water partition coefficient (Wildman–Crippen LogP) is 4.85. The summed E-state index contributed by atoms with van der Waals surface area (Å²) in [6, 6.07) is 19.0. The molecule has 2 aromatic carbocycles. The molecule has 4 rings (SSSR count). The lowest BCUT2D eigenvalue weighted by Gasteiger charge is -2.21. The number of benzene rings is 2. The van der Waals surface area contributed by atoms with E-state index in [1.165, 1.54) is 32.1 Å². The summed E-state index contributed by atoms with van der Waals surface area (Å²) in [6.45, 7) is 1.46. The summed E-state index contributed by atoms with van der Waals surface area (Å²) in [5.74, 6) is 0.878. The van der Waals surface area contributed by atoms with Crippen molar-refractivity contribution in [2.24, 2.45) is 11.0 Å². The van der Waals surface area contributed by atoms with Crippen molar-refractivity contribution in [2.75, 3.05) is 12.0 Å². The molecule has 1 fully saturated rings. The molecule has 0 aliphatic heterocycles. The Labute approximate surface area is 193 Å². The fraction of sp³-hybridized carbons (Fsp3) is 0.308. The zero-order chi connectivity index (χ0) is 22.9. The second kappa shape index (κ2) is 11.2. The Balaban J connectivity index is 1.35. The van der Waals surface area contributed by atoms with Crippen LogP contribution in [-0.4, -0.2) is 22.8 Å². The average Bonchev–Trinajstić information content (AvgIpc) is 2.86. The highest BCUT2D eigenvalue weighted by molar-refractivity contribution is 5.80. The lowest BCUT2D eigenvalue weighted by molar-refractivity contribution is 0.0739. The summed E-state index contributed by atoms with van der Waals surface area (Å²) < 4.78 is 5.90. The molecule has 0 spiro atoms. The van der Waals surface area contributed by atoms with Gasteiger partial charge in [-0.3, -0.25) is 9.78 Å². The van der Waals surface area contributed by atoms with Crippen LogP contribution in [0.25, 0.3) is 11.3 Å². The third-order valence-corrected chi connectivity index (χ3v) is 5.79. The van der Waals surface area contributed by atoms with Crippen molar-refractivity contribution in [1.82, 2.24) is 9.97 Å². The Hall–Kier alpha value is -3.76. The average molecular weight is 442 g/mol. The van der Waals surface area contributed by atoms with E-state index in [1.807, 2.05) is 48.5 Å². The van der Waals surface area contributed by atoms with Gasteiger partial charge in [0.05, 0.1) is 18.5 Å². The summed E-state index contributed by atoms with van der Waals surface area (Å²) in [6.07, 6.45) is 8.24. The van der Waals surface area contributed by atoms with Crippen LogP contribution in [0.5, 0.6) is 0 Å². The first-order chi connectivity index (χ1) is 16.2. The fourth-order valence-corrected chi connectivity index (χ4v) is 4.00. The van der Waals surface area contributed by atoms with E-state index >= 15 is 0 Å². The number of ether oxygens (including phenoxy) is 1. The number of hydrogen-bond donors (Lipinski definition) is 2. The molecule has 2 N–H and O–H groups in total. The second-order valence-electron chi connectivity index (χ2n) is 8.25. The van der Waals surface area contributed by atoms with Crippen molar-refractivity contribution >= 4 is 12.2 Å². The lowest BCUT2D eigenvalue weighted by Crippen LogP contribution is -2.16. The van der Waals surface area contributed by atoms with Crippen molar-refractivity contribution in [1.29, 1.82) is 5.26 Å². The van der Waals surface area contributed by atoms with Gasteiger partial charge in [0, 0.05) is 12.2 Å². The van der Waals surface area contributed by atoms with Gasteiger partial charge in [0.25, 0.3) is 5.56 Å². The Morgan fingerprint density at radius 1 is 1.12 bits per heavy atom. The van der Waals surface area contributed by atoms with E-state index in [1.54, 1.807) is 18.3 Å². The molecule has 0 amide bonds. The smallest absolute Gasteiger partial charge is 0.270 e. The Morgan fingerprint density at radius 2 is 1.88 bits per heavy atom. The highest BCUT2D eigenvalue weighted by Crippen LogP contribution is 2.24. The number of H-pyrrole nitrogens is 1. The number of rotatable bonds is 8. The maximum absolute atomic E-state index is 12.3. The molecule has 1 aliphatic rings. The van der Waals surface area contributed by atoms with Crippen LogP contribution in [0.3, 0.4) is 0 Å². The summed E-state index contributed by atoms with van der Waals surface area (Å²) in [5.41, 5.74) is 5.24. The van der Waals surface area contributed by atoms with E-state index in [9.17, 15) is 10.1 Å². The van der Waals surface area contributed by atoms with Crippen molar-refractivity contribution in [3.8, 4) is 17.3 Å². The van der Waals surface area contributed by atoms with Gasteiger partial charge in [0.15, 0.2) is 0 Å². The molecule has 7 heteroatoms. The van der Waals surface area contributed by atoms with Crippen LogP contribution >= 0.6 is 0 Å². The first-order valence-corrected chi connectivity index (χ1v) is 11.3. The molecule has 0 unspecified atom stereocenters. The Bertz CT molecular complexity index is 1170. The molecule has 168 valence electrons. The number of nitrogens with zero attached hydrogens (tertiary/aromatic N) is 3. The van der Waals surface area contributed by atoms with Crippen LogP contribution in [0.4, 0.5) is 5.95 Å². The van der Waals surface area contributed by atoms with Gasteiger partial charge in [-0.25, -0.2) is 10.4 Å². The first-order valence-electron chi connectivity index (χ1n) is 11.3. The molecular weight excluding hydrogens is 414 g/mol. The van der Waals surface area contributed by atoms with E-state index in [0.717, 1.165) is 17.7 Å². The van der Waals surface area contributed by atoms with Crippen LogP contribution in [0.1, 0.15) is 48.8 Å². The van der Waals surface area contributed by atoms with Gasteiger partial charge in [-0.05, 0) is 29.9 Å². The monoisotopic (exact) mass is 441 g/mol. The normalized spacial score (nSPS) is 14.3. The number of nitriles is 1. The number of aromatic nitrogens is 2. The number of nitrogens with one attached hydrogen (secondary N) is 2. The van der Waals surface area contributed by atoms with Crippen molar-refractivity contribution in [3.63, 3.8) is 0 Å². The third kappa shape index (κ3) is 6.15. The molecule has 0 bridgehead atoms. The van der Waals surface area contributed by atoms with Crippen molar-refractivity contribution < 1.29 is 4.74 Å². The van der Waals surface area contributed by atoms with E-state index in [2.05, 4.69) is 20.5 Å². The summed E-state index contributed by atoms with van der Waals surface area (Å²) in [5, 5.41) is 13.5. The van der Waals surface area contributed by atoms with Gasteiger partial charge in [-0.15, -0.1) is 0 Å². The number of aromatic amines is 1. The summed E-state index contributed by atoms with van der Waals surface area (Å²) >= 11 is 0. The zero-order valence-corrected chi connectivity index (χ0v) is 18.5. The van der Waals surface area contributed by atoms with E-state index in [-0.39, 0.29) is 11.5 Å². The van der Waals surface area contributed by atoms with Crippen LogP contribution in [-0.2, 0) is 11.3 Å². The zero-order valence-electron chi connectivity index (χ0n) is 18.5. The first kappa shape index (κ1) is 22.4. The number of hydrazone groups is 1. The van der Waals surface area contributed by atoms with Crippen molar-refractivity contribution in [2.45, 2.75) is 38.7 Å². The van der Waals surface area contributed by atoms with Crippen LogP contribution < -0.4 is 11.0 Å². The van der Waals surface area contributed by atoms with Gasteiger partial charge >= 0.3 is 0 Å². The molecule has 1 aliphatic carbocycles.